The van der Waals surface area contributed by atoms with Gasteiger partial charge in [0.15, 0.2) is 0 Å². The lowest BCUT2D eigenvalue weighted by atomic mass is 10.3. The van der Waals surface area contributed by atoms with Gasteiger partial charge in [-0.05, 0) is 25.0 Å². The van der Waals surface area contributed by atoms with Crippen LogP contribution in [0.2, 0.25) is 0 Å². The first-order valence-electron chi connectivity index (χ1n) is 7.15. The molecule has 0 N–H and O–H groups in total. The smallest absolute Gasteiger partial charge is 0.302 e. The Hall–Kier alpha value is -0.630. The van der Waals surface area contributed by atoms with Crippen molar-refractivity contribution < 1.29 is 9.09 Å². The van der Waals surface area contributed by atoms with Crippen molar-refractivity contribution in [3.05, 3.63) is 30.3 Å². The number of rotatable bonds is 9. The average Bonchev–Trinajstić information content (AvgIpc) is 2.47. The molecule has 0 radical (unpaired) electrons. The van der Waals surface area contributed by atoms with Gasteiger partial charge >= 0.3 is 7.52 Å². The van der Waals surface area contributed by atoms with E-state index in [0.717, 1.165) is 44.1 Å². The summed E-state index contributed by atoms with van der Waals surface area (Å²) in [7, 11) is -1.33. The van der Waals surface area contributed by atoms with Gasteiger partial charge in [0, 0.05) is 20.2 Å². The Balaban J connectivity index is 2.96. The number of unbranched alkanes of at least 4 members (excludes halogenated alkanes) is 2. The zero-order valence-electron chi connectivity index (χ0n) is 12.3. The number of benzene rings is 1. The highest BCUT2D eigenvalue weighted by Gasteiger charge is 2.31. The third kappa shape index (κ3) is 4.45. The second kappa shape index (κ2) is 8.52. The lowest BCUT2D eigenvalue weighted by Gasteiger charge is -2.30. The Kier molecular flexibility index (Phi) is 7.37. The van der Waals surface area contributed by atoms with Crippen LogP contribution in [0.15, 0.2) is 30.3 Å². The molecule has 1 atom stereocenters. The van der Waals surface area contributed by atoms with Crippen molar-refractivity contribution in [3.63, 3.8) is 0 Å². The maximum atomic E-state index is 13.2. The minimum atomic E-state index is -2.89. The molecule has 1 rings (SSSR count). The van der Waals surface area contributed by atoms with E-state index in [1.807, 2.05) is 35.0 Å². The highest BCUT2D eigenvalue weighted by Crippen LogP contribution is 2.49. The molecule has 1 aromatic carbocycles. The van der Waals surface area contributed by atoms with E-state index < -0.39 is 7.52 Å². The van der Waals surface area contributed by atoms with Gasteiger partial charge in [0.1, 0.15) is 0 Å². The number of hydrogen-bond acceptors (Lipinski definition) is 2. The van der Waals surface area contributed by atoms with Crippen molar-refractivity contribution in [3.8, 4) is 0 Å². The molecule has 0 heterocycles. The van der Waals surface area contributed by atoms with Crippen LogP contribution in [0.1, 0.15) is 39.5 Å². The van der Waals surface area contributed by atoms with Crippen LogP contribution in [0.4, 0.5) is 0 Å². The molecule has 108 valence electrons. The summed E-state index contributed by atoms with van der Waals surface area (Å²) >= 11 is 0. The Morgan fingerprint density at radius 1 is 1.05 bits per heavy atom. The van der Waals surface area contributed by atoms with Crippen LogP contribution in [0.3, 0.4) is 0 Å². The van der Waals surface area contributed by atoms with E-state index in [9.17, 15) is 4.57 Å². The SMILES string of the molecule is CCCCN(CCCC)P(=O)(OC)c1ccccc1. The summed E-state index contributed by atoms with van der Waals surface area (Å²) < 4.78 is 20.7. The maximum Gasteiger partial charge on any atom is 0.302 e. The molecule has 0 aliphatic heterocycles. The topological polar surface area (TPSA) is 29.5 Å². The van der Waals surface area contributed by atoms with Gasteiger partial charge in [-0.2, -0.15) is 0 Å². The molecule has 19 heavy (non-hydrogen) atoms. The molecule has 0 aromatic heterocycles. The molecule has 0 saturated heterocycles. The first kappa shape index (κ1) is 16.4. The van der Waals surface area contributed by atoms with Crippen molar-refractivity contribution in [2.45, 2.75) is 39.5 Å². The summed E-state index contributed by atoms with van der Waals surface area (Å²) in [4.78, 5) is 0. The fourth-order valence-electron chi connectivity index (χ4n) is 2.06. The Bertz CT molecular complexity index is 386. The lowest BCUT2D eigenvalue weighted by molar-refractivity contribution is 0.308. The van der Waals surface area contributed by atoms with Gasteiger partial charge in [-0.25, -0.2) is 4.67 Å². The highest BCUT2D eigenvalue weighted by molar-refractivity contribution is 7.64. The predicted molar refractivity (Wildman–Crippen MR) is 82.1 cm³/mol. The second-order valence-corrected chi connectivity index (χ2v) is 7.19. The van der Waals surface area contributed by atoms with Crippen LogP contribution >= 0.6 is 7.52 Å². The van der Waals surface area contributed by atoms with Gasteiger partial charge in [0.05, 0.1) is 5.30 Å². The molecule has 0 aliphatic carbocycles. The third-order valence-electron chi connectivity index (χ3n) is 3.24. The molecule has 0 spiro atoms. The standard InChI is InChI=1S/C15H26NO2P/c1-4-6-13-16(14-7-5-2)19(17,18-3)15-11-9-8-10-12-15/h8-12H,4-7,13-14H2,1-3H3. The zero-order chi connectivity index (χ0) is 14.1. The number of hydrogen-bond donors (Lipinski definition) is 0. The van der Waals surface area contributed by atoms with Crippen molar-refractivity contribution in [2.75, 3.05) is 20.2 Å². The summed E-state index contributed by atoms with van der Waals surface area (Å²) in [6, 6.07) is 9.56. The predicted octanol–water partition coefficient (Wildman–Crippen LogP) is 4.05. The first-order valence-corrected chi connectivity index (χ1v) is 8.73. The van der Waals surface area contributed by atoms with Crippen molar-refractivity contribution in [1.82, 2.24) is 4.67 Å². The van der Waals surface area contributed by atoms with Crippen LogP contribution in [-0.4, -0.2) is 24.9 Å². The fraction of sp³-hybridized carbons (Fsp3) is 0.600. The Morgan fingerprint density at radius 3 is 2.00 bits per heavy atom. The molecule has 0 aliphatic rings. The zero-order valence-corrected chi connectivity index (χ0v) is 13.2. The van der Waals surface area contributed by atoms with Crippen LogP contribution in [-0.2, 0) is 9.09 Å². The second-order valence-electron chi connectivity index (χ2n) is 4.70. The Morgan fingerprint density at radius 2 is 1.58 bits per heavy atom. The van der Waals surface area contributed by atoms with E-state index in [1.165, 1.54) is 0 Å². The van der Waals surface area contributed by atoms with Crippen molar-refractivity contribution >= 4 is 12.8 Å². The summed E-state index contributed by atoms with van der Waals surface area (Å²) in [6.45, 7) is 5.96. The van der Waals surface area contributed by atoms with Gasteiger partial charge in [-0.15, -0.1) is 0 Å². The minimum Gasteiger partial charge on any atom is -0.317 e. The summed E-state index contributed by atoms with van der Waals surface area (Å²) in [5.41, 5.74) is 0. The molecule has 1 unspecified atom stereocenters. The van der Waals surface area contributed by atoms with E-state index in [4.69, 9.17) is 4.52 Å². The molecule has 3 nitrogen and oxygen atoms in total. The van der Waals surface area contributed by atoms with E-state index in [2.05, 4.69) is 13.8 Å². The maximum absolute atomic E-state index is 13.2. The quantitative estimate of drug-likeness (QED) is 0.640. The minimum absolute atomic E-state index is 0.796. The van der Waals surface area contributed by atoms with Gasteiger partial charge < -0.3 is 4.52 Å². The van der Waals surface area contributed by atoms with E-state index in [1.54, 1.807) is 7.11 Å². The monoisotopic (exact) mass is 283 g/mol. The van der Waals surface area contributed by atoms with Crippen LogP contribution in [0.25, 0.3) is 0 Å². The van der Waals surface area contributed by atoms with Crippen LogP contribution in [0, 0.1) is 0 Å². The summed E-state index contributed by atoms with van der Waals surface area (Å²) in [5.74, 6) is 0. The average molecular weight is 283 g/mol. The highest BCUT2D eigenvalue weighted by atomic mass is 31.2. The summed E-state index contributed by atoms with van der Waals surface area (Å²) in [6.07, 6.45) is 4.29. The third-order valence-corrected chi connectivity index (χ3v) is 5.83. The fourth-order valence-corrected chi connectivity index (χ4v) is 4.18. The molecule has 0 bridgehead atoms. The largest absolute Gasteiger partial charge is 0.317 e. The summed E-state index contributed by atoms with van der Waals surface area (Å²) in [5, 5.41) is 0.796. The lowest BCUT2D eigenvalue weighted by Crippen LogP contribution is -2.29. The van der Waals surface area contributed by atoms with Gasteiger partial charge in [-0.3, -0.25) is 4.57 Å². The molecular formula is C15H26NO2P. The van der Waals surface area contributed by atoms with Crippen molar-refractivity contribution in [1.29, 1.82) is 0 Å². The van der Waals surface area contributed by atoms with E-state index in [0.29, 0.717) is 0 Å². The van der Waals surface area contributed by atoms with E-state index >= 15 is 0 Å². The van der Waals surface area contributed by atoms with Crippen molar-refractivity contribution in [2.24, 2.45) is 0 Å². The molecule has 0 fully saturated rings. The van der Waals surface area contributed by atoms with Gasteiger partial charge in [-0.1, -0.05) is 44.9 Å². The molecule has 0 amide bonds. The Labute approximate surface area is 117 Å². The molecule has 4 heteroatoms. The molecule has 0 saturated carbocycles. The normalized spacial score (nSPS) is 14.5. The van der Waals surface area contributed by atoms with Crippen LogP contribution in [0.5, 0.6) is 0 Å². The van der Waals surface area contributed by atoms with E-state index in [-0.39, 0.29) is 0 Å². The molecule has 1 aromatic rings. The molecular weight excluding hydrogens is 257 g/mol. The van der Waals surface area contributed by atoms with Gasteiger partial charge in [0.25, 0.3) is 0 Å². The number of nitrogens with zero attached hydrogens (tertiary/aromatic N) is 1. The first-order chi connectivity index (χ1) is 9.19. The van der Waals surface area contributed by atoms with Crippen LogP contribution < -0.4 is 5.30 Å². The van der Waals surface area contributed by atoms with Gasteiger partial charge in [0.2, 0.25) is 0 Å².